The quantitative estimate of drug-likeness (QED) is 0.101. The van der Waals surface area contributed by atoms with Crippen LogP contribution in [-0.4, -0.2) is 42.4 Å². The Kier molecular flexibility index (Phi) is 11.2. The van der Waals surface area contributed by atoms with Gasteiger partial charge >= 0.3 is 0 Å². The number of carbonyl (C=O) groups excluding carboxylic acids is 1. The van der Waals surface area contributed by atoms with E-state index in [9.17, 15) is 13.6 Å². The molecule has 5 rings (SSSR count). The number of carbonyl (C=O) groups is 1. The summed E-state index contributed by atoms with van der Waals surface area (Å²) in [5.74, 6) is 0.731. The van der Waals surface area contributed by atoms with Crippen molar-refractivity contribution in [2.45, 2.75) is 45.8 Å². The second-order valence-corrected chi connectivity index (χ2v) is 11.5. The van der Waals surface area contributed by atoms with Crippen LogP contribution in [0.4, 0.5) is 8.78 Å². The van der Waals surface area contributed by atoms with Crippen LogP contribution in [0.15, 0.2) is 67.0 Å². The maximum absolute atomic E-state index is 14.5. The zero-order valence-electron chi connectivity index (χ0n) is 25.5. The van der Waals surface area contributed by atoms with Crippen molar-refractivity contribution in [2.24, 2.45) is 0 Å². The topological polar surface area (TPSA) is 84.7 Å². The second-order valence-electron chi connectivity index (χ2n) is 11.1. The summed E-state index contributed by atoms with van der Waals surface area (Å²) in [6.45, 7) is 5.45. The molecule has 0 aliphatic carbocycles. The molecule has 0 amide bonds. The molecule has 0 spiro atoms. The van der Waals surface area contributed by atoms with Gasteiger partial charge in [0.15, 0.2) is 6.29 Å². The van der Waals surface area contributed by atoms with Crippen molar-refractivity contribution >= 4 is 17.9 Å². The molecule has 1 aliphatic heterocycles. The first-order valence-corrected chi connectivity index (χ1v) is 15.5. The number of hydrogen-bond acceptors (Lipinski definition) is 7. The highest BCUT2D eigenvalue weighted by atomic mass is 35.5. The lowest BCUT2D eigenvalue weighted by molar-refractivity contribution is 0.111. The van der Waals surface area contributed by atoms with E-state index in [1.165, 1.54) is 31.2 Å². The zero-order chi connectivity index (χ0) is 32.5. The third kappa shape index (κ3) is 8.00. The van der Waals surface area contributed by atoms with Crippen LogP contribution in [0.5, 0.6) is 17.2 Å². The molecule has 0 bridgehead atoms. The van der Waals surface area contributed by atoms with Crippen LogP contribution in [0.1, 0.15) is 63.9 Å². The van der Waals surface area contributed by atoms with E-state index >= 15 is 0 Å². The number of rotatable bonds is 14. The lowest BCUT2D eigenvalue weighted by Crippen LogP contribution is -2.22. The lowest BCUT2D eigenvalue weighted by Gasteiger charge is -2.19. The predicted molar refractivity (Wildman–Crippen MR) is 172 cm³/mol. The molecule has 1 saturated heterocycles. The van der Waals surface area contributed by atoms with Crippen molar-refractivity contribution in [3.63, 3.8) is 0 Å². The minimum absolute atomic E-state index is 0.0687. The van der Waals surface area contributed by atoms with Crippen molar-refractivity contribution < 1.29 is 27.8 Å². The fourth-order valence-corrected chi connectivity index (χ4v) is 5.79. The van der Waals surface area contributed by atoms with E-state index in [1.807, 2.05) is 25.1 Å². The molecule has 0 radical (unpaired) electrons. The standard InChI is InChI=1S/C36H34ClF2N3O4/c1-24-27(23-46-34-17-33(28(21-43)16-31(34)37)45-22-26-15-25(18-40)19-41-20-26)7-4-8-29(24)30-9-5-10-32(35(30)36(38)39)44-14-6-13-42-11-2-3-12-42/h4-5,7-10,15-17,19-21,36H,2-3,6,11-14,22-23H2,1H3. The Labute approximate surface area is 272 Å². The van der Waals surface area contributed by atoms with Crippen LogP contribution in [0, 0.1) is 18.3 Å². The minimum atomic E-state index is -2.73. The van der Waals surface area contributed by atoms with E-state index in [0.717, 1.165) is 37.2 Å². The van der Waals surface area contributed by atoms with Crippen molar-refractivity contribution in [1.29, 1.82) is 5.26 Å². The average Bonchev–Trinajstić information content (AvgIpc) is 3.59. The average molecular weight is 646 g/mol. The van der Waals surface area contributed by atoms with Gasteiger partial charge in [-0.2, -0.15) is 5.26 Å². The monoisotopic (exact) mass is 645 g/mol. The number of halogens is 3. The fourth-order valence-electron chi connectivity index (χ4n) is 5.56. The van der Waals surface area contributed by atoms with Gasteiger partial charge in [-0.1, -0.05) is 41.9 Å². The number of likely N-dealkylation sites (tertiary alicyclic amines) is 1. The largest absolute Gasteiger partial charge is 0.493 e. The Morgan fingerprint density at radius 1 is 0.978 bits per heavy atom. The summed E-state index contributed by atoms with van der Waals surface area (Å²) in [6.07, 6.45) is 4.10. The van der Waals surface area contributed by atoms with E-state index in [1.54, 1.807) is 36.5 Å². The molecule has 7 nitrogen and oxygen atoms in total. The molecule has 4 aromatic rings. The van der Waals surface area contributed by atoms with Gasteiger partial charge < -0.3 is 19.1 Å². The molecule has 0 saturated carbocycles. The van der Waals surface area contributed by atoms with Gasteiger partial charge in [0.05, 0.1) is 28.3 Å². The molecular formula is C36H34ClF2N3O4. The highest BCUT2D eigenvalue weighted by Gasteiger charge is 2.22. The Morgan fingerprint density at radius 2 is 1.74 bits per heavy atom. The lowest BCUT2D eigenvalue weighted by atomic mass is 9.93. The molecule has 0 N–H and O–H groups in total. The van der Waals surface area contributed by atoms with Gasteiger partial charge in [0, 0.05) is 30.6 Å². The second kappa shape index (κ2) is 15.7. The molecule has 1 aliphatic rings. The molecule has 3 aromatic carbocycles. The molecule has 10 heteroatoms. The number of benzene rings is 3. The number of nitrogens with zero attached hydrogens (tertiary/aromatic N) is 3. The van der Waals surface area contributed by atoms with E-state index in [0.29, 0.717) is 35.1 Å². The van der Waals surface area contributed by atoms with Crippen molar-refractivity contribution in [1.82, 2.24) is 9.88 Å². The predicted octanol–water partition coefficient (Wildman–Crippen LogP) is 8.35. The first-order valence-electron chi connectivity index (χ1n) is 15.1. The molecule has 0 atom stereocenters. The number of nitriles is 1. The summed E-state index contributed by atoms with van der Waals surface area (Å²) in [5, 5.41) is 9.34. The summed E-state index contributed by atoms with van der Waals surface area (Å²) in [5.41, 5.74) is 3.75. The summed E-state index contributed by atoms with van der Waals surface area (Å²) < 4.78 is 46.8. The molecule has 238 valence electrons. The van der Waals surface area contributed by atoms with Crippen LogP contribution < -0.4 is 14.2 Å². The Balaban J connectivity index is 1.32. The van der Waals surface area contributed by atoms with Gasteiger partial charge in [-0.15, -0.1) is 0 Å². The van der Waals surface area contributed by atoms with Gasteiger partial charge in [0.25, 0.3) is 6.43 Å². The van der Waals surface area contributed by atoms with E-state index in [4.69, 9.17) is 31.1 Å². The Bertz CT molecular complexity index is 1720. The van der Waals surface area contributed by atoms with Crippen LogP contribution in [-0.2, 0) is 13.2 Å². The molecule has 46 heavy (non-hydrogen) atoms. The van der Waals surface area contributed by atoms with Crippen molar-refractivity contribution in [2.75, 3.05) is 26.2 Å². The smallest absolute Gasteiger partial charge is 0.268 e. The third-order valence-corrected chi connectivity index (χ3v) is 8.28. The van der Waals surface area contributed by atoms with Gasteiger partial charge in [0.2, 0.25) is 0 Å². The van der Waals surface area contributed by atoms with E-state index < -0.39 is 6.43 Å². The van der Waals surface area contributed by atoms with Crippen molar-refractivity contribution in [3.05, 3.63) is 105 Å². The minimum Gasteiger partial charge on any atom is -0.493 e. The van der Waals surface area contributed by atoms with E-state index in [-0.39, 0.29) is 46.6 Å². The number of pyridine rings is 1. The summed E-state index contributed by atoms with van der Waals surface area (Å²) in [4.78, 5) is 18.1. The van der Waals surface area contributed by atoms with Gasteiger partial charge in [-0.3, -0.25) is 9.78 Å². The van der Waals surface area contributed by atoms with Gasteiger partial charge in [-0.05, 0) is 79.7 Å². The zero-order valence-corrected chi connectivity index (χ0v) is 26.2. The van der Waals surface area contributed by atoms with Crippen LogP contribution in [0.25, 0.3) is 11.1 Å². The maximum atomic E-state index is 14.5. The molecular weight excluding hydrogens is 612 g/mol. The van der Waals surface area contributed by atoms with Crippen LogP contribution in [0.3, 0.4) is 0 Å². The molecule has 2 heterocycles. The molecule has 1 aromatic heterocycles. The summed E-state index contributed by atoms with van der Waals surface area (Å²) in [7, 11) is 0. The maximum Gasteiger partial charge on any atom is 0.268 e. The summed E-state index contributed by atoms with van der Waals surface area (Å²) in [6, 6.07) is 17.2. The highest BCUT2D eigenvalue weighted by Crippen LogP contribution is 2.40. The molecule has 0 unspecified atom stereocenters. The number of alkyl halides is 2. The number of ether oxygens (including phenoxy) is 3. The van der Waals surface area contributed by atoms with Crippen LogP contribution in [0.2, 0.25) is 5.02 Å². The number of hydrogen-bond donors (Lipinski definition) is 0. The first kappa shape index (κ1) is 32.9. The number of aldehydes is 1. The van der Waals surface area contributed by atoms with Gasteiger partial charge in [0.1, 0.15) is 36.5 Å². The fraction of sp³-hybridized carbons (Fsp3) is 0.306. The highest BCUT2D eigenvalue weighted by molar-refractivity contribution is 6.32. The first-order chi connectivity index (χ1) is 22.4. The van der Waals surface area contributed by atoms with Gasteiger partial charge in [-0.25, -0.2) is 8.78 Å². The Morgan fingerprint density at radius 3 is 2.50 bits per heavy atom. The van der Waals surface area contributed by atoms with Crippen LogP contribution >= 0.6 is 11.6 Å². The molecule has 1 fully saturated rings. The SMILES string of the molecule is Cc1c(COc2cc(OCc3cncc(C#N)c3)c(C=O)cc2Cl)cccc1-c1cccc(OCCCN2CCCC2)c1C(F)F. The summed E-state index contributed by atoms with van der Waals surface area (Å²) >= 11 is 6.45. The normalized spacial score (nSPS) is 13.0. The number of aromatic nitrogens is 1. The third-order valence-electron chi connectivity index (χ3n) is 7.99. The Hall–Kier alpha value is -4.52. The van der Waals surface area contributed by atoms with E-state index in [2.05, 4.69) is 9.88 Å². The van der Waals surface area contributed by atoms with Crippen molar-refractivity contribution in [3.8, 4) is 34.4 Å².